The van der Waals surface area contributed by atoms with Gasteiger partial charge in [0, 0.05) is 57.1 Å². The van der Waals surface area contributed by atoms with E-state index in [4.69, 9.17) is 19.4 Å². The average molecular weight is 343 g/mol. The molecule has 2 aromatic heterocycles. The molecule has 25 heavy (non-hydrogen) atoms. The van der Waals surface area contributed by atoms with Gasteiger partial charge < -0.3 is 14.4 Å². The molecule has 7 nitrogen and oxygen atoms in total. The van der Waals surface area contributed by atoms with Crippen LogP contribution in [0.3, 0.4) is 0 Å². The first kappa shape index (κ1) is 16.5. The topological polar surface area (TPSA) is 65.3 Å². The predicted octanol–water partition coefficient (Wildman–Crippen LogP) is 2.03. The van der Waals surface area contributed by atoms with E-state index in [9.17, 15) is 0 Å². The van der Waals surface area contributed by atoms with Crippen molar-refractivity contribution in [1.29, 1.82) is 0 Å². The second kappa shape index (κ2) is 7.09. The molecule has 1 saturated carbocycles. The van der Waals surface area contributed by atoms with Gasteiger partial charge in [-0.2, -0.15) is 5.10 Å². The Morgan fingerprint density at radius 1 is 1.32 bits per heavy atom. The zero-order valence-electron chi connectivity index (χ0n) is 14.9. The van der Waals surface area contributed by atoms with E-state index in [1.165, 1.54) is 18.4 Å². The van der Waals surface area contributed by atoms with Crippen molar-refractivity contribution in [2.45, 2.75) is 44.4 Å². The summed E-state index contributed by atoms with van der Waals surface area (Å²) in [6, 6.07) is 2.70. The lowest BCUT2D eigenvalue weighted by molar-refractivity contribution is 0.177. The molecule has 1 aliphatic carbocycles. The molecule has 1 saturated heterocycles. The van der Waals surface area contributed by atoms with Gasteiger partial charge in [0.25, 0.3) is 0 Å². The van der Waals surface area contributed by atoms with Gasteiger partial charge >= 0.3 is 0 Å². The minimum atomic E-state index is 0.358. The van der Waals surface area contributed by atoms with Crippen LogP contribution in [0.5, 0.6) is 0 Å². The van der Waals surface area contributed by atoms with Gasteiger partial charge in [-0.25, -0.2) is 9.97 Å². The Bertz CT molecular complexity index is 722. The fourth-order valence-electron chi connectivity index (χ4n) is 3.35. The summed E-state index contributed by atoms with van der Waals surface area (Å²) in [5.74, 6) is 2.10. The molecule has 3 heterocycles. The van der Waals surface area contributed by atoms with Crippen LogP contribution < -0.4 is 4.90 Å². The van der Waals surface area contributed by atoms with Crippen LogP contribution in [0.4, 0.5) is 5.82 Å². The molecule has 2 aromatic rings. The molecular formula is C18H25N5O2. The third-order valence-electron chi connectivity index (χ3n) is 4.79. The van der Waals surface area contributed by atoms with Gasteiger partial charge in [0.15, 0.2) is 5.82 Å². The van der Waals surface area contributed by atoms with Crippen molar-refractivity contribution in [3.8, 4) is 0 Å². The lowest BCUT2D eigenvalue weighted by Gasteiger charge is -2.24. The van der Waals surface area contributed by atoms with Gasteiger partial charge in [-0.05, 0) is 19.3 Å². The summed E-state index contributed by atoms with van der Waals surface area (Å²) < 4.78 is 12.7. The summed E-state index contributed by atoms with van der Waals surface area (Å²) in [6.07, 6.45) is 7.45. The van der Waals surface area contributed by atoms with Gasteiger partial charge in [-0.3, -0.25) is 4.68 Å². The molecule has 1 aliphatic heterocycles. The van der Waals surface area contributed by atoms with Crippen molar-refractivity contribution in [1.82, 2.24) is 19.7 Å². The maximum atomic E-state index is 5.55. The molecular weight excluding hydrogens is 318 g/mol. The quantitative estimate of drug-likeness (QED) is 0.766. The maximum absolute atomic E-state index is 5.55. The number of anilines is 1. The molecule has 2 fully saturated rings. The second-order valence-electron chi connectivity index (χ2n) is 6.94. The van der Waals surface area contributed by atoms with E-state index < -0.39 is 0 Å². The third kappa shape index (κ3) is 3.82. The number of aromatic nitrogens is 4. The molecule has 4 rings (SSSR count). The lowest BCUT2D eigenvalue weighted by atomic mass is 10.0. The number of methoxy groups -OCH3 is 1. The number of nitrogens with zero attached hydrogens (tertiary/aromatic N) is 5. The average Bonchev–Trinajstić information content (AvgIpc) is 3.13. The summed E-state index contributed by atoms with van der Waals surface area (Å²) in [5.41, 5.74) is 2.28. The standard InChI is InChI=1S/C18H25N5O2/c1-22-9-13(8-19-22)10-23(15-3-4-15)18-7-16(14-5-6-25-11-14)20-17(21-18)12-24-2/h7-9,14-15H,3-6,10-12H2,1-2H3. The summed E-state index contributed by atoms with van der Waals surface area (Å²) in [5, 5.41) is 4.29. The first-order valence-electron chi connectivity index (χ1n) is 8.91. The third-order valence-corrected chi connectivity index (χ3v) is 4.79. The highest BCUT2D eigenvalue weighted by Gasteiger charge is 2.31. The van der Waals surface area contributed by atoms with E-state index in [2.05, 4.69) is 22.3 Å². The minimum Gasteiger partial charge on any atom is -0.381 e. The minimum absolute atomic E-state index is 0.358. The molecule has 1 unspecified atom stereocenters. The Balaban J connectivity index is 1.65. The predicted molar refractivity (Wildman–Crippen MR) is 93.3 cm³/mol. The fraction of sp³-hybridized carbons (Fsp3) is 0.611. The van der Waals surface area contributed by atoms with Crippen LogP contribution in [-0.4, -0.2) is 46.1 Å². The van der Waals surface area contributed by atoms with Crippen LogP contribution in [0, 0.1) is 0 Å². The Morgan fingerprint density at radius 3 is 2.84 bits per heavy atom. The Kier molecular flexibility index (Phi) is 4.67. The monoisotopic (exact) mass is 343 g/mol. The number of ether oxygens (including phenoxy) is 2. The smallest absolute Gasteiger partial charge is 0.156 e. The van der Waals surface area contributed by atoms with E-state index in [1.54, 1.807) is 7.11 Å². The van der Waals surface area contributed by atoms with Crippen LogP contribution in [0.15, 0.2) is 18.5 Å². The SMILES string of the molecule is COCc1nc(C2CCOC2)cc(N(Cc2cnn(C)c2)C2CC2)n1. The van der Waals surface area contributed by atoms with Crippen molar-refractivity contribution in [3.63, 3.8) is 0 Å². The Morgan fingerprint density at radius 2 is 2.20 bits per heavy atom. The molecule has 0 radical (unpaired) electrons. The van der Waals surface area contributed by atoms with E-state index >= 15 is 0 Å². The van der Waals surface area contributed by atoms with E-state index in [0.717, 1.165) is 43.5 Å². The summed E-state index contributed by atoms with van der Waals surface area (Å²) >= 11 is 0. The Hall–Kier alpha value is -1.99. The lowest BCUT2D eigenvalue weighted by Crippen LogP contribution is -2.27. The molecule has 0 bridgehead atoms. The number of aryl methyl sites for hydroxylation is 1. The zero-order chi connectivity index (χ0) is 17.2. The van der Waals surface area contributed by atoms with Gasteiger partial charge in [-0.15, -0.1) is 0 Å². The molecule has 1 atom stereocenters. The van der Waals surface area contributed by atoms with Crippen LogP contribution in [-0.2, 0) is 29.7 Å². The van der Waals surface area contributed by atoms with Crippen molar-refractivity contribution < 1.29 is 9.47 Å². The Labute approximate surface area is 148 Å². The highest BCUT2D eigenvalue weighted by Crippen LogP contribution is 2.34. The van der Waals surface area contributed by atoms with Crippen LogP contribution in [0.25, 0.3) is 0 Å². The largest absolute Gasteiger partial charge is 0.381 e. The number of hydrogen-bond donors (Lipinski definition) is 0. The van der Waals surface area contributed by atoms with Crippen molar-refractivity contribution in [2.24, 2.45) is 7.05 Å². The number of hydrogen-bond acceptors (Lipinski definition) is 6. The molecule has 134 valence electrons. The van der Waals surface area contributed by atoms with Gasteiger partial charge in [0.1, 0.15) is 12.4 Å². The van der Waals surface area contributed by atoms with E-state index in [-0.39, 0.29) is 0 Å². The van der Waals surface area contributed by atoms with Gasteiger partial charge in [0.05, 0.1) is 18.5 Å². The first-order valence-corrected chi connectivity index (χ1v) is 8.91. The van der Waals surface area contributed by atoms with Gasteiger partial charge in [-0.1, -0.05) is 0 Å². The summed E-state index contributed by atoms with van der Waals surface area (Å²) in [7, 11) is 3.63. The van der Waals surface area contributed by atoms with Gasteiger partial charge in [0.2, 0.25) is 0 Å². The molecule has 0 N–H and O–H groups in total. The summed E-state index contributed by atoms with van der Waals surface area (Å²) in [6.45, 7) is 2.81. The number of rotatable bonds is 7. The molecule has 0 spiro atoms. The highest BCUT2D eigenvalue weighted by molar-refractivity contribution is 5.44. The molecule has 0 amide bonds. The van der Waals surface area contributed by atoms with E-state index in [0.29, 0.717) is 18.6 Å². The molecule has 0 aromatic carbocycles. The molecule has 2 aliphatic rings. The van der Waals surface area contributed by atoms with Crippen LogP contribution >= 0.6 is 0 Å². The highest BCUT2D eigenvalue weighted by atomic mass is 16.5. The zero-order valence-corrected chi connectivity index (χ0v) is 14.9. The fourth-order valence-corrected chi connectivity index (χ4v) is 3.35. The van der Waals surface area contributed by atoms with Crippen LogP contribution in [0.2, 0.25) is 0 Å². The van der Waals surface area contributed by atoms with Crippen molar-refractivity contribution in [2.75, 3.05) is 25.2 Å². The normalized spacial score (nSPS) is 20.2. The maximum Gasteiger partial charge on any atom is 0.156 e. The summed E-state index contributed by atoms with van der Waals surface area (Å²) in [4.78, 5) is 11.9. The second-order valence-corrected chi connectivity index (χ2v) is 6.94. The first-order chi connectivity index (χ1) is 12.2. The van der Waals surface area contributed by atoms with Crippen molar-refractivity contribution >= 4 is 5.82 Å². The van der Waals surface area contributed by atoms with Crippen LogP contribution in [0.1, 0.15) is 42.3 Å². The van der Waals surface area contributed by atoms with Crippen molar-refractivity contribution in [3.05, 3.63) is 35.5 Å². The van der Waals surface area contributed by atoms with E-state index in [1.807, 2.05) is 17.9 Å². The molecule has 7 heteroatoms.